The number of rotatable bonds is 4. The molecule has 0 heterocycles. The summed E-state index contributed by atoms with van der Waals surface area (Å²) in [4.78, 5) is 10.9. The van der Waals surface area contributed by atoms with Crippen LogP contribution in [0.5, 0.6) is 0 Å². The number of ether oxygens (including phenoxy) is 1. The van der Waals surface area contributed by atoms with Gasteiger partial charge in [0, 0.05) is 12.5 Å². The molecule has 1 fully saturated rings. The van der Waals surface area contributed by atoms with Crippen molar-refractivity contribution in [2.75, 3.05) is 7.11 Å². The van der Waals surface area contributed by atoms with Gasteiger partial charge in [-0.2, -0.15) is 0 Å². The third-order valence-electron chi connectivity index (χ3n) is 3.29. The average Bonchev–Trinajstić information content (AvgIpc) is 1.79. The van der Waals surface area contributed by atoms with Crippen LogP contribution in [-0.2, 0) is 9.53 Å². The van der Waals surface area contributed by atoms with Crippen LogP contribution in [0.3, 0.4) is 0 Å². The molecule has 3 nitrogen and oxygen atoms in total. The van der Waals surface area contributed by atoms with E-state index >= 15 is 0 Å². The monoisotopic (exact) mass is 186 g/mol. The van der Waals surface area contributed by atoms with E-state index in [0.717, 1.165) is 12.8 Å². The Kier molecular flexibility index (Phi) is 2.96. The molecule has 0 spiro atoms. The summed E-state index contributed by atoms with van der Waals surface area (Å²) < 4.78 is 5.03. The molecule has 1 rings (SSSR count). The minimum Gasteiger partial charge on any atom is -0.479 e. The van der Waals surface area contributed by atoms with E-state index in [0.29, 0.717) is 5.92 Å². The Labute approximate surface area is 79.1 Å². The lowest BCUT2D eigenvalue weighted by atomic mass is 9.64. The van der Waals surface area contributed by atoms with E-state index in [1.165, 1.54) is 13.5 Å². The van der Waals surface area contributed by atoms with Crippen molar-refractivity contribution in [3.05, 3.63) is 0 Å². The van der Waals surface area contributed by atoms with Gasteiger partial charge < -0.3 is 9.84 Å². The molecule has 1 atom stereocenters. The van der Waals surface area contributed by atoms with Crippen molar-refractivity contribution in [2.45, 2.75) is 39.2 Å². The summed E-state index contributed by atoms with van der Waals surface area (Å²) in [5, 5.41) is 8.95. The Balaban J connectivity index is 2.68. The van der Waals surface area contributed by atoms with Crippen LogP contribution in [0.1, 0.15) is 33.1 Å². The largest absolute Gasteiger partial charge is 0.479 e. The molecule has 1 saturated carbocycles. The molecule has 0 radical (unpaired) electrons. The SMILES string of the molecule is COC(C(=O)O)C(C)(C)C1CCC1. The van der Waals surface area contributed by atoms with Gasteiger partial charge in [-0.15, -0.1) is 0 Å². The summed E-state index contributed by atoms with van der Waals surface area (Å²) in [6.07, 6.45) is 2.84. The number of methoxy groups -OCH3 is 1. The van der Waals surface area contributed by atoms with Crippen LogP contribution in [-0.4, -0.2) is 24.3 Å². The summed E-state index contributed by atoms with van der Waals surface area (Å²) in [6, 6.07) is 0. The van der Waals surface area contributed by atoms with E-state index in [2.05, 4.69) is 0 Å². The first-order valence-electron chi connectivity index (χ1n) is 4.75. The molecule has 0 amide bonds. The van der Waals surface area contributed by atoms with Crippen LogP contribution in [0.25, 0.3) is 0 Å². The van der Waals surface area contributed by atoms with E-state index in [4.69, 9.17) is 9.84 Å². The molecule has 1 N–H and O–H groups in total. The van der Waals surface area contributed by atoms with Gasteiger partial charge in [0.2, 0.25) is 0 Å². The lowest BCUT2D eigenvalue weighted by Crippen LogP contribution is -2.45. The van der Waals surface area contributed by atoms with Crippen LogP contribution < -0.4 is 0 Å². The fourth-order valence-corrected chi connectivity index (χ4v) is 2.09. The highest BCUT2D eigenvalue weighted by Crippen LogP contribution is 2.44. The van der Waals surface area contributed by atoms with E-state index in [1.54, 1.807) is 0 Å². The third kappa shape index (κ3) is 1.85. The van der Waals surface area contributed by atoms with Crippen molar-refractivity contribution in [1.82, 2.24) is 0 Å². The molecular formula is C10H18O3. The minimum absolute atomic E-state index is 0.237. The van der Waals surface area contributed by atoms with Crippen LogP contribution >= 0.6 is 0 Å². The fraction of sp³-hybridized carbons (Fsp3) is 0.900. The average molecular weight is 186 g/mol. The van der Waals surface area contributed by atoms with Gasteiger partial charge in [-0.05, 0) is 18.8 Å². The highest BCUT2D eigenvalue weighted by atomic mass is 16.5. The summed E-state index contributed by atoms with van der Waals surface area (Å²) in [7, 11) is 1.47. The van der Waals surface area contributed by atoms with Crippen LogP contribution in [0.4, 0.5) is 0 Å². The quantitative estimate of drug-likeness (QED) is 0.729. The molecule has 0 aromatic heterocycles. The first-order chi connectivity index (χ1) is 6.00. The number of carboxylic acids is 1. The van der Waals surface area contributed by atoms with Crippen LogP contribution in [0.15, 0.2) is 0 Å². The van der Waals surface area contributed by atoms with Gasteiger partial charge in [0.15, 0.2) is 6.10 Å². The van der Waals surface area contributed by atoms with Gasteiger partial charge >= 0.3 is 5.97 Å². The van der Waals surface area contributed by atoms with E-state index < -0.39 is 12.1 Å². The van der Waals surface area contributed by atoms with E-state index in [9.17, 15) is 4.79 Å². The number of aliphatic carboxylic acids is 1. The molecule has 0 aliphatic heterocycles. The maximum atomic E-state index is 10.9. The molecule has 1 aliphatic rings. The molecular weight excluding hydrogens is 168 g/mol. The molecule has 0 aromatic rings. The van der Waals surface area contributed by atoms with Gasteiger partial charge in [0.1, 0.15) is 0 Å². The van der Waals surface area contributed by atoms with Crippen molar-refractivity contribution in [2.24, 2.45) is 11.3 Å². The Morgan fingerprint density at radius 3 is 2.31 bits per heavy atom. The number of hydrogen-bond acceptors (Lipinski definition) is 2. The summed E-state index contributed by atoms with van der Waals surface area (Å²) in [6.45, 7) is 3.97. The van der Waals surface area contributed by atoms with Gasteiger partial charge in [0.05, 0.1) is 0 Å². The summed E-state index contributed by atoms with van der Waals surface area (Å²) in [5.41, 5.74) is -0.237. The molecule has 0 aromatic carbocycles. The predicted octanol–water partition coefficient (Wildman–Crippen LogP) is 1.91. The van der Waals surface area contributed by atoms with Gasteiger partial charge in [0.25, 0.3) is 0 Å². The highest BCUT2D eigenvalue weighted by Gasteiger charge is 2.43. The second kappa shape index (κ2) is 3.66. The molecule has 1 aliphatic carbocycles. The topological polar surface area (TPSA) is 46.5 Å². The molecule has 13 heavy (non-hydrogen) atoms. The van der Waals surface area contributed by atoms with Crippen LogP contribution in [0, 0.1) is 11.3 Å². The standard InChI is InChI=1S/C10H18O3/c1-10(2,7-5-4-6-7)8(13-3)9(11)12/h7-8H,4-6H2,1-3H3,(H,11,12). The number of hydrogen-bond donors (Lipinski definition) is 1. The maximum absolute atomic E-state index is 10.9. The zero-order chi connectivity index (χ0) is 10.1. The van der Waals surface area contributed by atoms with Crippen molar-refractivity contribution >= 4 is 5.97 Å². The Morgan fingerprint density at radius 1 is 1.54 bits per heavy atom. The van der Waals surface area contributed by atoms with Gasteiger partial charge in [-0.1, -0.05) is 20.3 Å². The number of carboxylic acid groups (broad SMARTS) is 1. The second-order valence-electron chi connectivity index (χ2n) is 4.40. The first-order valence-corrected chi connectivity index (χ1v) is 4.75. The normalized spacial score (nSPS) is 20.8. The zero-order valence-corrected chi connectivity index (χ0v) is 8.54. The van der Waals surface area contributed by atoms with Gasteiger partial charge in [-0.3, -0.25) is 0 Å². The zero-order valence-electron chi connectivity index (χ0n) is 8.54. The van der Waals surface area contributed by atoms with Crippen molar-refractivity contribution < 1.29 is 14.6 Å². The molecule has 0 saturated heterocycles. The van der Waals surface area contributed by atoms with Crippen molar-refractivity contribution in [3.8, 4) is 0 Å². The van der Waals surface area contributed by atoms with Gasteiger partial charge in [-0.25, -0.2) is 4.79 Å². The summed E-state index contributed by atoms with van der Waals surface area (Å²) in [5.74, 6) is -0.340. The molecule has 3 heteroatoms. The van der Waals surface area contributed by atoms with E-state index in [-0.39, 0.29) is 5.41 Å². The van der Waals surface area contributed by atoms with Crippen molar-refractivity contribution in [3.63, 3.8) is 0 Å². The lowest BCUT2D eigenvalue weighted by Gasteiger charge is -2.43. The van der Waals surface area contributed by atoms with Crippen molar-refractivity contribution in [1.29, 1.82) is 0 Å². The Hall–Kier alpha value is -0.570. The minimum atomic E-state index is -0.848. The maximum Gasteiger partial charge on any atom is 0.333 e. The third-order valence-corrected chi connectivity index (χ3v) is 3.29. The smallest absolute Gasteiger partial charge is 0.333 e. The lowest BCUT2D eigenvalue weighted by molar-refractivity contribution is -0.161. The highest BCUT2D eigenvalue weighted by molar-refractivity contribution is 5.73. The fourth-order valence-electron chi connectivity index (χ4n) is 2.09. The predicted molar refractivity (Wildman–Crippen MR) is 49.6 cm³/mol. The molecule has 0 bridgehead atoms. The second-order valence-corrected chi connectivity index (χ2v) is 4.40. The molecule has 76 valence electrons. The molecule has 1 unspecified atom stereocenters. The number of carbonyl (C=O) groups is 1. The van der Waals surface area contributed by atoms with E-state index in [1.807, 2.05) is 13.8 Å². The Morgan fingerprint density at radius 2 is 2.08 bits per heavy atom. The summed E-state index contributed by atoms with van der Waals surface area (Å²) >= 11 is 0. The first kappa shape index (κ1) is 10.5. The van der Waals surface area contributed by atoms with Crippen LogP contribution in [0.2, 0.25) is 0 Å². The Bertz CT molecular complexity index is 194.